The van der Waals surface area contributed by atoms with Gasteiger partial charge in [-0.05, 0) is 32.6 Å². The first-order chi connectivity index (χ1) is 7.22. The molecule has 0 heterocycles. The second-order valence-corrected chi connectivity index (χ2v) is 4.13. The summed E-state index contributed by atoms with van der Waals surface area (Å²) < 4.78 is 5.13. The summed E-state index contributed by atoms with van der Waals surface area (Å²) in [7, 11) is 0. The molecule has 0 bridgehead atoms. The van der Waals surface area contributed by atoms with Crippen molar-refractivity contribution in [2.75, 3.05) is 13.2 Å². The molecule has 1 amide bonds. The van der Waals surface area contributed by atoms with Crippen LogP contribution in [0.3, 0.4) is 0 Å². The zero-order valence-corrected chi connectivity index (χ0v) is 10.7. The quantitative estimate of drug-likeness (QED) is 0.722. The molecule has 0 aliphatic heterocycles. The van der Waals surface area contributed by atoms with E-state index in [0.717, 1.165) is 25.7 Å². The summed E-state index contributed by atoms with van der Waals surface area (Å²) in [4.78, 5) is 11.4. The SMILES string of the molecule is CCOCCC(=O)NC1CCC(N)CC1.Cl. The molecule has 3 N–H and O–H groups in total. The van der Waals surface area contributed by atoms with Gasteiger partial charge in [0.25, 0.3) is 0 Å². The zero-order chi connectivity index (χ0) is 11.1. The fourth-order valence-electron chi connectivity index (χ4n) is 1.87. The Balaban J connectivity index is 0.00000225. The number of ether oxygens (including phenoxy) is 1. The third-order valence-electron chi connectivity index (χ3n) is 2.81. The molecule has 1 aliphatic carbocycles. The second-order valence-electron chi connectivity index (χ2n) is 4.13. The van der Waals surface area contributed by atoms with Gasteiger partial charge in [0, 0.05) is 25.1 Å². The highest BCUT2D eigenvalue weighted by molar-refractivity contribution is 5.85. The van der Waals surface area contributed by atoms with Crippen LogP contribution < -0.4 is 11.1 Å². The molecule has 0 radical (unpaired) electrons. The van der Waals surface area contributed by atoms with Gasteiger partial charge in [0.05, 0.1) is 6.61 Å². The summed E-state index contributed by atoms with van der Waals surface area (Å²) in [5, 5.41) is 3.02. The molecule has 0 spiro atoms. The maximum absolute atomic E-state index is 11.4. The van der Waals surface area contributed by atoms with Crippen LogP contribution in [0.25, 0.3) is 0 Å². The van der Waals surface area contributed by atoms with Gasteiger partial charge in [-0.25, -0.2) is 0 Å². The average molecular weight is 251 g/mol. The monoisotopic (exact) mass is 250 g/mol. The van der Waals surface area contributed by atoms with Crippen LogP contribution >= 0.6 is 12.4 Å². The Morgan fingerprint density at radius 1 is 1.38 bits per heavy atom. The minimum Gasteiger partial charge on any atom is -0.381 e. The fraction of sp³-hybridized carbons (Fsp3) is 0.909. The van der Waals surface area contributed by atoms with Crippen molar-refractivity contribution >= 4 is 18.3 Å². The van der Waals surface area contributed by atoms with E-state index in [1.54, 1.807) is 0 Å². The molecule has 1 saturated carbocycles. The van der Waals surface area contributed by atoms with Crippen molar-refractivity contribution in [3.63, 3.8) is 0 Å². The Kier molecular flexibility index (Phi) is 8.61. The van der Waals surface area contributed by atoms with Crippen molar-refractivity contribution in [2.45, 2.75) is 51.1 Å². The van der Waals surface area contributed by atoms with Crippen molar-refractivity contribution in [1.29, 1.82) is 0 Å². The highest BCUT2D eigenvalue weighted by Gasteiger charge is 2.19. The van der Waals surface area contributed by atoms with E-state index in [4.69, 9.17) is 10.5 Å². The van der Waals surface area contributed by atoms with Crippen molar-refractivity contribution in [3.8, 4) is 0 Å². The topological polar surface area (TPSA) is 64.3 Å². The van der Waals surface area contributed by atoms with E-state index in [1.165, 1.54) is 0 Å². The molecule has 0 aromatic rings. The number of hydrogen-bond acceptors (Lipinski definition) is 3. The third kappa shape index (κ3) is 6.30. The Labute approximate surface area is 104 Å². The first-order valence-corrected chi connectivity index (χ1v) is 5.85. The van der Waals surface area contributed by atoms with Crippen molar-refractivity contribution in [1.82, 2.24) is 5.32 Å². The molecule has 0 saturated heterocycles. The summed E-state index contributed by atoms with van der Waals surface area (Å²) in [6.07, 6.45) is 4.55. The van der Waals surface area contributed by atoms with Gasteiger partial charge in [-0.2, -0.15) is 0 Å². The molecular weight excluding hydrogens is 228 g/mol. The summed E-state index contributed by atoms with van der Waals surface area (Å²) in [5.41, 5.74) is 5.79. The Morgan fingerprint density at radius 2 is 2.00 bits per heavy atom. The number of nitrogens with two attached hydrogens (primary N) is 1. The van der Waals surface area contributed by atoms with Crippen LogP contribution in [0.4, 0.5) is 0 Å². The minimum absolute atomic E-state index is 0. The molecule has 0 aromatic heterocycles. The molecule has 0 unspecified atom stereocenters. The lowest BCUT2D eigenvalue weighted by Crippen LogP contribution is -2.40. The van der Waals surface area contributed by atoms with E-state index >= 15 is 0 Å². The lowest BCUT2D eigenvalue weighted by atomic mass is 9.92. The number of carbonyl (C=O) groups excluding carboxylic acids is 1. The summed E-state index contributed by atoms with van der Waals surface area (Å²) >= 11 is 0. The van der Waals surface area contributed by atoms with Crippen LogP contribution in [0, 0.1) is 0 Å². The first kappa shape index (κ1) is 15.7. The average Bonchev–Trinajstić information content (AvgIpc) is 2.22. The predicted octanol–water partition coefficient (Wildman–Crippen LogP) is 1.22. The minimum atomic E-state index is 0. The van der Waals surface area contributed by atoms with Crippen molar-refractivity contribution < 1.29 is 9.53 Å². The third-order valence-corrected chi connectivity index (χ3v) is 2.81. The van der Waals surface area contributed by atoms with Gasteiger partial charge in [0.2, 0.25) is 5.91 Å². The number of halogens is 1. The van der Waals surface area contributed by atoms with Crippen LogP contribution in [-0.2, 0) is 9.53 Å². The van der Waals surface area contributed by atoms with Crippen molar-refractivity contribution in [2.24, 2.45) is 5.73 Å². The molecule has 1 fully saturated rings. The van der Waals surface area contributed by atoms with E-state index in [9.17, 15) is 4.79 Å². The number of carbonyl (C=O) groups is 1. The molecule has 4 nitrogen and oxygen atoms in total. The number of rotatable bonds is 5. The molecule has 0 atom stereocenters. The normalized spacial score (nSPS) is 24.6. The Hall–Kier alpha value is -0.320. The smallest absolute Gasteiger partial charge is 0.222 e. The number of nitrogens with one attached hydrogen (secondary N) is 1. The molecule has 0 aromatic carbocycles. The summed E-state index contributed by atoms with van der Waals surface area (Å²) in [5.74, 6) is 0.101. The van der Waals surface area contributed by atoms with Crippen LogP contribution in [0.1, 0.15) is 39.0 Å². The zero-order valence-electron chi connectivity index (χ0n) is 9.91. The largest absolute Gasteiger partial charge is 0.381 e. The van der Waals surface area contributed by atoms with E-state index < -0.39 is 0 Å². The lowest BCUT2D eigenvalue weighted by molar-refractivity contribution is -0.123. The molecule has 5 heteroatoms. The summed E-state index contributed by atoms with van der Waals surface area (Å²) in [6, 6.07) is 0.667. The highest BCUT2D eigenvalue weighted by atomic mass is 35.5. The van der Waals surface area contributed by atoms with Gasteiger partial charge < -0.3 is 15.8 Å². The van der Waals surface area contributed by atoms with Gasteiger partial charge >= 0.3 is 0 Å². The number of amides is 1. The van der Waals surface area contributed by atoms with Crippen LogP contribution in [0.5, 0.6) is 0 Å². The van der Waals surface area contributed by atoms with Gasteiger partial charge in [0.15, 0.2) is 0 Å². The second kappa shape index (κ2) is 8.79. The summed E-state index contributed by atoms with van der Waals surface area (Å²) in [6.45, 7) is 3.13. The van der Waals surface area contributed by atoms with E-state index in [1.807, 2.05) is 6.92 Å². The molecule has 96 valence electrons. The van der Waals surface area contributed by atoms with Crippen LogP contribution in [0.2, 0.25) is 0 Å². The Morgan fingerprint density at radius 3 is 2.56 bits per heavy atom. The Bertz CT molecular complexity index is 194. The van der Waals surface area contributed by atoms with Gasteiger partial charge in [0.1, 0.15) is 0 Å². The molecular formula is C11H23ClN2O2. The lowest BCUT2D eigenvalue weighted by Gasteiger charge is -2.26. The van der Waals surface area contributed by atoms with Gasteiger partial charge in [-0.3, -0.25) is 4.79 Å². The first-order valence-electron chi connectivity index (χ1n) is 5.85. The maximum Gasteiger partial charge on any atom is 0.222 e. The van der Waals surface area contributed by atoms with E-state index in [0.29, 0.717) is 31.7 Å². The van der Waals surface area contributed by atoms with Crippen LogP contribution in [0.15, 0.2) is 0 Å². The van der Waals surface area contributed by atoms with Crippen molar-refractivity contribution in [3.05, 3.63) is 0 Å². The standard InChI is InChI=1S/C11H22N2O2.ClH/c1-2-15-8-7-11(14)13-10-5-3-9(12)4-6-10;/h9-10H,2-8,12H2,1H3,(H,13,14);1H. The molecule has 1 aliphatic rings. The molecule has 1 rings (SSSR count). The predicted molar refractivity (Wildman–Crippen MR) is 66.7 cm³/mol. The van der Waals surface area contributed by atoms with E-state index in [-0.39, 0.29) is 18.3 Å². The van der Waals surface area contributed by atoms with Gasteiger partial charge in [-0.15, -0.1) is 12.4 Å². The fourth-order valence-corrected chi connectivity index (χ4v) is 1.87. The van der Waals surface area contributed by atoms with E-state index in [2.05, 4.69) is 5.32 Å². The molecule has 16 heavy (non-hydrogen) atoms. The highest BCUT2D eigenvalue weighted by Crippen LogP contribution is 2.16. The van der Waals surface area contributed by atoms with Crippen LogP contribution in [-0.4, -0.2) is 31.2 Å². The maximum atomic E-state index is 11.4. The van der Waals surface area contributed by atoms with Gasteiger partial charge in [-0.1, -0.05) is 0 Å². The number of hydrogen-bond donors (Lipinski definition) is 2.